The molecule has 1 amide bonds. The zero-order valence-electron chi connectivity index (χ0n) is 17.4. The molecule has 3 aromatic rings. The van der Waals surface area contributed by atoms with Gasteiger partial charge in [-0.3, -0.25) is 14.6 Å². The average Bonchev–Trinajstić information content (AvgIpc) is 2.77. The van der Waals surface area contributed by atoms with E-state index in [0.717, 1.165) is 15.8 Å². The van der Waals surface area contributed by atoms with Crippen LogP contribution in [0.25, 0.3) is 11.3 Å². The van der Waals surface area contributed by atoms with Crippen LogP contribution in [0.5, 0.6) is 5.75 Å². The summed E-state index contributed by atoms with van der Waals surface area (Å²) in [6.07, 6.45) is -0.375. The minimum Gasteiger partial charge on any atom is -0.496 e. The zero-order chi connectivity index (χ0) is 22.1. The van der Waals surface area contributed by atoms with Gasteiger partial charge in [-0.15, -0.1) is 0 Å². The van der Waals surface area contributed by atoms with Crippen molar-refractivity contribution in [3.63, 3.8) is 0 Å². The van der Waals surface area contributed by atoms with Crippen LogP contribution in [0.3, 0.4) is 0 Å². The molecule has 0 saturated carbocycles. The first kappa shape index (κ1) is 21.6. The van der Waals surface area contributed by atoms with Crippen molar-refractivity contribution in [2.45, 2.75) is 31.6 Å². The number of halogens is 1. The SMILES string of the molecule is CCSc1n[n+]2c(c(=O)[nH]1)-c1ccccc1N(C(=O)CC)[C@H]2c1cc(Br)ccc1OC. The second kappa shape index (κ2) is 8.84. The number of anilines is 1. The van der Waals surface area contributed by atoms with E-state index in [1.807, 2.05) is 56.3 Å². The van der Waals surface area contributed by atoms with Crippen molar-refractivity contribution in [3.05, 3.63) is 62.9 Å². The minimum atomic E-state index is -0.677. The zero-order valence-corrected chi connectivity index (χ0v) is 19.8. The Balaban J connectivity index is 2.11. The van der Waals surface area contributed by atoms with Gasteiger partial charge in [0.05, 0.1) is 23.9 Å². The lowest BCUT2D eigenvalue weighted by Crippen LogP contribution is -2.61. The van der Waals surface area contributed by atoms with E-state index in [9.17, 15) is 9.59 Å². The molecule has 0 bridgehead atoms. The Bertz CT molecular complexity index is 1210. The molecular weight excluding hydrogens is 480 g/mol. The van der Waals surface area contributed by atoms with Crippen LogP contribution in [0.1, 0.15) is 32.0 Å². The molecule has 0 radical (unpaired) electrons. The van der Waals surface area contributed by atoms with E-state index < -0.39 is 6.17 Å². The lowest BCUT2D eigenvalue weighted by molar-refractivity contribution is -0.763. The van der Waals surface area contributed by atoms with Crippen LogP contribution in [0, 0.1) is 0 Å². The van der Waals surface area contributed by atoms with Gasteiger partial charge in [0.15, 0.2) is 0 Å². The highest BCUT2D eigenvalue weighted by Crippen LogP contribution is 2.40. The third-order valence-corrected chi connectivity index (χ3v) is 6.32. The monoisotopic (exact) mass is 501 g/mol. The number of nitrogens with zero attached hydrogens (tertiary/aromatic N) is 3. The number of amides is 1. The van der Waals surface area contributed by atoms with E-state index in [1.54, 1.807) is 16.7 Å². The highest BCUT2D eigenvalue weighted by molar-refractivity contribution is 9.10. The number of aromatic amines is 1. The minimum absolute atomic E-state index is 0.0793. The molecule has 1 N–H and O–H groups in total. The Morgan fingerprint density at radius 1 is 1.29 bits per heavy atom. The molecule has 0 unspecified atom stereocenters. The fourth-order valence-corrected chi connectivity index (χ4v) is 4.76. The van der Waals surface area contributed by atoms with E-state index >= 15 is 0 Å². The van der Waals surface area contributed by atoms with Gasteiger partial charge in [0, 0.05) is 16.0 Å². The summed E-state index contributed by atoms with van der Waals surface area (Å²) in [6.45, 7) is 3.82. The van der Waals surface area contributed by atoms with Crippen LogP contribution in [-0.4, -0.2) is 28.9 Å². The molecule has 160 valence electrons. The summed E-state index contributed by atoms with van der Waals surface area (Å²) in [7, 11) is 1.59. The number of carbonyl (C=O) groups is 1. The topological polar surface area (TPSA) is 79.2 Å². The fourth-order valence-electron chi connectivity index (χ4n) is 3.80. The molecule has 1 aliphatic heterocycles. The Morgan fingerprint density at radius 2 is 2.06 bits per heavy atom. The predicted octanol–water partition coefficient (Wildman–Crippen LogP) is 3.91. The van der Waals surface area contributed by atoms with Gasteiger partial charge < -0.3 is 4.74 Å². The lowest BCUT2D eigenvalue weighted by Gasteiger charge is -2.32. The lowest BCUT2D eigenvalue weighted by atomic mass is 10.0. The highest BCUT2D eigenvalue weighted by Gasteiger charge is 2.46. The standard InChI is InChI=1S/C22H21BrN4O3S/c1-4-18(28)26-16-9-7-6-8-14(16)19-20(29)24-22(31-5-2)25-27(19)21(26)15-12-13(23)10-11-17(15)30-3/h6-12,21H,4-5H2,1-3H3/p+1/t21-/m1/s1. The number of hydrogen-bond donors (Lipinski definition) is 1. The summed E-state index contributed by atoms with van der Waals surface area (Å²) in [6, 6.07) is 13.0. The summed E-state index contributed by atoms with van der Waals surface area (Å²) in [5.74, 6) is 1.28. The molecule has 4 rings (SSSR count). The predicted molar refractivity (Wildman–Crippen MR) is 123 cm³/mol. The summed E-state index contributed by atoms with van der Waals surface area (Å²) < 4.78 is 8.12. The maximum atomic E-state index is 13.2. The van der Waals surface area contributed by atoms with Crippen LogP contribution in [0.4, 0.5) is 5.69 Å². The Morgan fingerprint density at radius 3 is 2.77 bits per heavy atom. The Labute approximate surface area is 192 Å². The highest BCUT2D eigenvalue weighted by atomic mass is 79.9. The number of benzene rings is 2. The second-order valence-corrected chi connectivity index (χ2v) is 9.05. The number of ether oxygens (including phenoxy) is 1. The summed E-state index contributed by atoms with van der Waals surface area (Å²) in [5.41, 5.74) is 2.22. The van der Waals surface area contributed by atoms with Gasteiger partial charge in [0.1, 0.15) is 5.75 Å². The largest absolute Gasteiger partial charge is 0.496 e. The van der Waals surface area contributed by atoms with E-state index in [2.05, 4.69) is 20.9 Å². The first-order valence-corrected chi connectivity index (χ1v) is 11.7. The molecule has 1 aromatic heterocycles. The number of aromatic nitrogens is 3. The number of fused-ring (bicyclic) bond motifs is 3. The number of H-pyrrole nitrogens is 1. The van der Waals surface area contributed by atoms with Gasteiger partial charge in [0.25, 0.3) is 6.17 Å². The third-order valence-electron chi connectivity index (χ3n) is 5.08. The number of methoxy groups -OCH3 is 1. The molecule has 1 atom stereocenters. The molecule has 2 aromatic carbocycles. The van der Waals surface area contributed by atoms with Crippen LogP contribution < -0.4 is 19.9 Å². The Kier molecular flexibility index (Phi) is 6.15. The van der Waals surface area contributed by atoms with E-state index in [-0.39, 0.29) is 11.5 Å². The number of thioether (sulfide) groups is 1. The van der Waals surface area contributed by atoms with Crippen molar-refractivity contribution < 1.29 is 14.2 Å². The third kappa shape index (κ3) is 3.76. The number of hydrogen-bond acceptors (Lipinski definition) is 5. The van der Waals surface area contributed by atoms with Crippen molar-refractivity contribution in [1.82, 2.24) is 10.1 Å². The number of carbonyl (C=O) groups excluding carboxylic acids is 1. The normalized spacial score (nSPS) is 14.7. The fraction of sp³-hybridized carbons (Fsp3) is 0.273. The molecule has 31 heavy (non-hydrogen) atoms. The van der Waals surface area contributed by atoms with Crippen molar-refractivity contribution in [1.29, 1.82) is 0 Å². The van der Waals surface area contributed by atoms with Gasteiger partial charge >= 0.3 is 11.3 Å². The smallest absolute Gasteiger partial charge is 0.325 e. The summed E-state index contributed by atoms with van der Waals surface area (Å²) in [5, 5.41) is 5.25. The van der Waals surface area contributed by atoms with Gasteiger partial charge in [-0.1, -0.05) is 53.7 Å². The van der Waals surface area contributed by atoms with E-state index in [0.29, 0.717) is 34.3 Å². The molecule has 0 fully saturated rings. The average molecular weight is 502 g/mol. The number of para-hydroxylation sites is 1. The molecule has 0 saturated heterocycles. The van der Waals surface area contributed by atoms with Gasteiger partial charge in [-0.25, -0.2) is 4.90 Å². The van der Waals surface area contributed by atoms with Gasteiger partial charge in [-0.05, 0) is 40.8 Å². The molecule has 2 heterocycles. The maximum absolute atomic E-state index is 13.2. The van der Waals surface area contributed by atoms with Crippen LogP contribution in [-0.2, 0) is 4.79 Å². The second-order valence-electron chi connectivity index (χ2n) is 6.88. The van der Waals surface area contributed by atoms with Crippen molar-refractivity contribution >= 4 is 39.3 Å². The first-order chi connectivity index (χ1) is 15.0. The maximum Gasteiger partial charge on any atom is 0.325 e. The number of rotatable bonds is 5. The van der Waals surface area contributed by atoms with Gasteiger partial charge in [0.2, 0.25) is 11.1 Å². The van der Waals surface area contributed by atoms with Crippen molar-refractivity contribution in [2.75, 3.05) is 17.8 Å². The first-order valence-electron chi connectivity index (χ1n) is 9.94. The summed E-state index contributed by atoms with van der Waals surface area (Å²) >= 11 is 4.97. The van der Waals surface area contributed by atoms with Gasteiger partial charge in [-0.2, -0.15) is 0 Å². The molecule has 7 nitrogen and oxygen atoms in total. The van der Waals surface area contributed by atoms with Crippen LogP contribution >= 0.6 is 27.7 Å². The van der Waals surface area contributed by atoms with E-state index in [4.69, 9.17) is 9.84 Å². The van der Waals surface area contributed by atoms with Crippen LogP contribution in [0.15, 0.2) is 56.9 Å². The Hall–Kier alpha value is -2.65. The molecule has 9 heteroatoms. The molecule has 0 aliphatic carbocycles. The molecule has 0 spiro atoms. The summed E-state index contributed by atoms with van der Waals surface area (Å²) in [4.78, 5) is 31.0. The van der Waals surface area contributed by atoms with Crippen LogP contribution in [0.2, 0.25) is 0 Å². The number of nitrogens with one attached hydrogen (secondary N) is 1. The molecule has 1 aliphatic rings. The molecular formula is C22H22BrN4O3S+. The van der Waals surface area contributed by atoms with Crippen molar-refractivity contribution in [2.24, 2.45) is 0 Å². The quantitative estimate of drug-likeness (QED) is 0.423. The van der Waals surface area contributed by atoms with E-state index in [1.165, 1.54) is 11.8 Å². The van der Waals surface area contributed by atoms with Crippen molar-refractivity contribution in [3.8, 4) is 17.0 Å².